The number of sulfonamides is 1. The van der Waals surface area contributed by atoms with Crippen LogP contribution in [0.3, 0.4) is 0 Å². The first-order valence-corrected chi connectivity index (χ1v) is 9.87. The molecule has 3 N–H and O–H groups in total. The molecule has 0 spiro atoms. The molecule has 1 amide bonds. The van der Waals surface area contributed by atoms with Crippen molar-refractivity contribution < 1.29 is 17.9 Å². The minimum absolute atomic E-state index is 0.0901. The average molecular weight is 400 g/mol. The van der Waals surface area contributed by atoms with Gasteiger partial charge in [-0.3, -0.25) is 14.6 Å². The van der Waals surface area contributed by atoms with Gasteiger partial charge in [-0.05, 0) is 61.4 Å². The van der Waals surface area contributed by atoms with Crippen LogP contribution in [0.5, 0.6) is 5.75 Å². The van der Waals surface area contributed by atoms with Gasteiger partial charge >= 0.3 is 0 Å². The molecule has 0 fully saturated rings. The summed E-state index contributed by atoms with van der Waals surface area (Å²) in [7, 11) is -2.49. The van der Waals surface area contributed by atoms with Crippen LogP contribution in [0, 0.1) is 13.8 Å². The van der Waals surface area contributed by atoms with E-state index in [0.717, 1.165) is 11.1 Å². The molecular weight excluding hydrogens is 380 g/mol. The van der Waals surface area contributed by atoms with Gasteiger partial charge in [0, 0.05) is 11.4 Å². The number of H-pyrrole nitrogens is 1. The summed E-state index contributed by atoms with van der Waals surface area (Å²) in [6, 6.07) is 12.0. The Bertz CT molecular complexity index is 1080. The van der Waals surface area contributed by atoms with Crippen LogP contribution in [0.25, 0.3) is 0 Å². The maximum absolute atomic E-state index is 12.8. The molecular formula is C19H20N4O4S. The number of ether oxygens (including phenoxy) is 1. The smallest absolute Gasteiger partial charge is 0.279 e. The van der Waals surface area contributed by atoms with Crippen LogP contribution in [0.2, 0.25) is 0 Å². The Balaban J connectivity index is 1.83. The summed E-state index contributed by atoms with van der Waals surface area (Å²) in [6.45, 7) is 3.74. The Hall–Kier alpha value is -3.33. The number of nitrogens with zero attached hydrogens (tertiary/aromatic N) is 1. The number of rotatable bonds is 6. The van der Waals surface area contributed by atoms with Crippen molar-refractivity contribution >= 4 is 27.3 Å². The number of methoxy groups -OCH3 is 1. The first-order valence-electron chi connectivity index (χ1n) is 8.38. The molecule has 0 aliphatic rings. The Morgan fingerprint density at radius 1 is 1.04 bits per heavy atom. The molecule has 8 nitrogen and oxygen atoms in total. The summed E-state index contributed by atoms with van der Waals surface area (Å²) >= 11 is 0. The third-order valence-corrected chi connectivity index (χ3v) is 5.29. The number of carbonyl (C=O) groups is 1. The molecule has 0 saturated heterocycles. The van der Waals surface area contributed by atoms with Crippen molar-refractivity contribution in [2.75, 3.05) is 17.1 Å². The number of carbonyl (C=O) groups excluding carboxylic acids is 1. The second-order valence-electron chi connectivity index (χ2n) is 6.28. The quantitative estimate of drug-likeness (QED) is 0.588. The number of hydrogen-bond acceptors (Lipinski definition) is 5. The normalized spacial score (nSPS) is 11.1. The molecule has 0 atom stereocenters. The molecule has 3 rings (SSSR count). The van der Waals surface area contributed by atoms with Crippen LogP contribution in [0.15, 0.2) is 53.7 Å². The second kappa shape index (κ2) is 7.73. The van der Waals surface area contributed by atoms with Crippen molar-refractivity contribution in [1.29, 1.82) is 0 Å². The highest BCUT2D eigenvalue weighted by Crippen LogP contribution is 2.21. The van der Waals surface area contributed by atoms with Gasteiger partial charge in [0.1, 0.15) is 5.75 Å². The zero-order valence-corrected chi connectivity index (χ0v) is 16.4. The molecule has 146 valence electrons. The number of nitrogens with one attached hydrogen (secondary N) is 3. The number of aryl methyl sites for hydroxylation is 2. The van der Waals surface area contributed by atoms with E-state index in [9.17, 15) is 13.2 Å². The van der Waals surface area contributed by atoms with Crippen molar-refractivity contribution in [3.05, 3.63) is 65.4 Å². The first-order chi connectivity index (χ1) is 13.3. The standard InChI is InChI=1S/C19H20N4O4S/c1-12-8-13(2)10-15(9-12)23-28(25,26)19-17(11-20-22-19)18(24)21-14-4-6-16(27-3)7-5-14/h4-11,23H,1-3H3,(H,20,22)(H,21,24). The van der Waals surface area contributed by atoms with Gasteiger partial charge in [-0.25, -0.2) is 0 Å². The van der Waals surface area contributed by atoms with E-state index >= 15 is 0 Å². The van der Waals surface area contributed by atoms with Crippen LogP contribution in [0.4, 0.5) is 11.4 Å². The van der Waals surface area contributed by atoms with E-state index in [0.29, 0.717) is 17.1 Å². The van der Waals surface area contributed by atoms with E-state index in [1.807, 2.05) is 19.9 Å². The Labute approximate surface area is 163 Å². The first kappa shape index (κ1) is 19.4. The van der Waals surface area contributed by atoms with Crippen LogP contribution in [-0.4, -0.2) is 31.6 Å². The lowest BCUT2D eigenvalue weighted by atomic mass is 10.1. The van der Waals surface area contributed by atoms with Gasteiger partial charge in [0.05, 0.1) is 18.9 Å². The minimum Gasteiger partial charge on any atom is -0.497 e. The predicted molar refractivity (Wildman–Crippen MR) is 106 cm³/mol. The lowest BCUT2D eigenvalue weighted by Gasteiger charge is -2.10. The molecule has 2 aromatic carbocycles. The molecule has 0 aliphatic carbocycles. The molecule has 1 aromatic heterocycles. The van der Waals surface area contributed by atoms with Crippen molar-refractivity contribution in [2.24, 2.45) is 0 Å². The predicted octanol–water partition coefficient (Wildman–Crippen LogP) is 3.09. The molecule has 3 aromatic rings. The highest BCUT2D eigenvalue weighted by molar-refractivity contribution is 7.92. The fourth-order valence-corrected chi connectivity index (χ4v) is 3.89. The zero-order chi connectivity index (χ0) is 20.3. The average Bonchev–Trinajstić information content (AvgIpc) is 3.12. The minimum atomic E-state index is -4.03. The summed E-state index contributed by atoms with van der Waals surface area (Å²) in [5.41, 5.74) is 2.65. The highest BCUT2D eigenvalue weighted by Gasteiger charge is 2.25. The van der Waals surface area contributed by atoms with Gasteiger partial charge in [0.2, 0.25) is 0 Å². The monoisotopic (exact) mass is 400 g/mol. The van der Waals surface area contributed by atoms with Crippen molar-refractivity contribution in [1.82, 2.24) is 10.2 Å². The maximum atomic E-state index is 12.8. The molecule has 0 bridgehead atoms. The van der Waals surface area contributed by atoms with E-state index in [1.54, 1.807) is 43.5 Å². The Morgan fingerprint density at radius 3 is 2.29 bits per heavy atom. The summed E-state index contributed by atoms with van der Waals surface area (Å²) in [5, 5.41) is 8.47. The molecule has 1 heterocycles. The Morgan fingerprint density at radius 2 is 1.68 bits per heavy atom. The lowest BCUT2D eigenvalue weighted by Crippen LogP contribution is -2.19. The number of hydrogen-bond donors (Lipinski definition) is 3. The molecule has 0 aliphatic heterocycles. The van der Waals surface area contributed by atoms with E-state index < -0.39 is 15.9 Å². The van der Waals surface area contributed by atoms with E-state index in [4.69, 9.17) is 4.74 Å². The summed E-state index contributed by atoms with van der Waals surface area (Å²) in [5.74, 6) is 0.0435. The van der Waals surface area contributed by atoms with Crippen LogP contribution >= 0.6 is 0 Å². The number of aromatic amines is 1. The van der Waals surface area contributed by atoms with E-state index in [1.165, 1.54) is 6.20 Å². The molecule has 0 radical (unpaired) electrons. The van der Waals surface area contributed by atoms with Gasteiger partial charge in [-0.2, -0.15) is 13.5 Å². The van der Waals surface area contributed by atoms with Crippen LogP contribution in [-0.2, 0) is 10.0 Å². The summed E-state index contributed by atoms with van der Waals surface area (Å²) < 4.78 is 33.1. The SMILES string of the molecule is COc1ccc(NC(=O)c2cn[nH]c2S(=O)(=O)Nc2cc(C)cc(C)c2)cc1. The van der Waals surface area contributed by atoms with Crippen molar-refractivity contribution in [2.45, 2.75) is 18.9 Å². The van der Waals surface area contributed by atoms with Crippen LogP contribution < -0.4 is 14.8 Å². The molecule has 9 heteroatoms. The molecule has 0 unspecified atom stereocenters. The van der Waals surface area contributed by atoms with Crippen molar-refractivity contribution in [3.63, 3.8) is 0 Å². The zero-order valence-electron chi connectivity index (χ0n) is 15.6. The fraction of sp³-hybridized carbons (Fsp3) is 0.158. The second-order valence-corrected chi connectivity index (χ2v) is 7.90. The van der Waals surface area contributed by atoms with Gasteiger partial charge < -0.3 is 10.1 Å². The molecule has 0 saturated carbocycles. The Kier molecular flexibility index (Phi) is 5.36. The van der Waals surface area contributed by atoms with Crippen LogP contribution in [0.1, 0.15) is 21.5 Å². The fourth-order valence-electron chi connectivity index (χ4n) is 2.75. The van der Waals surface area contributed by atoms with Crippen molar-refractivity contribution in [3.8, 4) is 5.75 Å². The third kappa shape index (κ3) is 4.32. The number of benzene rings is 2. The lowest BCUT2D eigenvalue weighted by molar-refractivity contribution is 0.102. The number of amides is 1. The number of aromatic nitrogens is 2. The maximum Gasteiger partial charge on any atom is 0.279 e. The summed E-state index contributed by atoms with van der Waals surface area (Å²) in [6.07, 6.45) is 1.18. The number of anilines is 2. The van der Waals surface area contributed by atoms with E-state index in [2.05, 4.69) is 20.2 Å². The van der Waals surface area contributed by atoms with Gasteiger partial charge in [-0.15, -0.1) is 0 Å². The summed E-state index contributed by atoms with van der Waals surface area (Å²) in [4.78, 5) is 12.6. The largest absolute Gasteiger partial charge is 0.497 e. The third-order valence-electron chi connectivity index (χ3n) is 3.94. The topological polar surface area (TPSA) is 113 Å². The molecule has 28 heavy (non-hydrogen) atoms. The van der Waals surface area contributed by atoms with E-state index in [-0.39, 0.29) is 10.6 Å². The van der Waals surface area contributed by atoms with Gasteiger partial charge in [-0.1, -0.05) is 6.07 Å². The van der Waals surface area contributed by atoms with Gasteiger partial charge in [0.15, 0.2) is 5.03 Å². The van der Waals surface area contributed by atoms with Gasteiger partial charge in [0.25, 0.3) is 15.9 Å². The highest BCUT2D eigenvalue weighted by atomic mass is 32.2.